The monoisotopic (exact) mass is 416 g/mol. The van der Waals surface area contributed by atoms with E-state index >= 15 is 0 Å². The highest BCUT2D eigenvalue weighted by molar-refractivity contribution is 5.59. The maximum absolute atomic E-state index is 12.7. The predicted octanol–water partition coefficient (Wildman–Crippen LogP) is 3.71. The molecule has 0 aliphatic heterocycles. The summed E-state index contributed by atoms with van der Waals surface area (Å²) >= 11 is 0. The maximum Gasteiger partial charge on any atom is 0.416 e. The molecule has 2 N–H and O–H groups in total. The molecule has 4 aromatic rings. The van der Waals surface area contributed by atoms with E-state index in [4.69, 9.17) is 15.0 Å². The van der Waals surface area contributed by atoms with Crippen LogP contribution in [0.4, 0.5) is 19.0 Å². The van der Waals surface area contributed by atoms with Gasteiger partial charge in [0.2, 0.25) is 5.82 Å². The average Bonchev–Trinajstić information content (AvgIpc) is 3.33. The molecule has 11 heteroatoms. The van der Waals surface area contributed by atoms with Gasteiger partial charge >= 0.3 is 6.18 Å². The smallest absolute Gasteiger partial charge is 0.416 e. The summed E-state index contributed by atoms with van der Waals surface area (Å²) in [5.74, 6) is 1.07. The molecule has 0 amide bonds. The molecule has 0 atom stereocenters. The lowest BCUT2D eigenvalue weighted by molar-refractivity contribution is -0.137. The second kappa shape index (κ2) is 7.50. The van der Waals surface area contributed by atoms with Gasteiger partial charge in [-0.2, -0.15) is 23.3 Å². The maximum atomic E-state index is 12.7. The summed E-state index contributed by atoms with van der Waals surface area (Å²) in [6, 6.07) is 9.50. The number of ether oxygens (including phenoxy) is 1. The van der Waals surface area contributed by atoms with Crippen LogP contribution in [0.25, 0.3) is 23.0 Å². The van der Waals surface area contributed by atoms with Crippen LogP contribution in [0.1, 0.15) is 11.3 Å². The van der Waals surface area contributed by atoms with Crippen LogP contribution in [0.2, 0.25) is 0 Å². The summed E-state index contributed by atoms with van der Waals surface area (Å²) in [7, 11) is 1.70. The van der Waals surface area contributed by atoms with E-state index in [2.05, 4.69) is 20.2 Å². The van der Waals surface area contributed by atoms with Crippen molar-refractivity contribution in [1.29, 1.82) is 0 Å². The zero-order valence-corrected chi connectivity index (χ0v) is 15.6. The van der Waals surface area contributed by atoms with Gasteiger partial charge in [-0.25, -0.2) is 4.98 Å². The van der Waals surface area contributed by atoms with Crippen molar-refractivity contribution in [3.8, 4) is 28.7 Å². The lowest BCUT2D eigenvalue weighted by atomic mass is 10.2. The number of hydrogen-bond acceptors (Lipinski definition) is 7. The summed E-state index contributed by atoms with van der Waals surface area (Å²) in [4.78, 5) is 8.48. The van der Waals surface area contributed by atoms with Crippen LogP contribution in [0.15, 0.2) is 53.2 Å². The fraction of sp³-hybridized carbons (Fsp3) is 0.158. The van der Waals surface area contributed by atoms with Crippen LogP contribution in [0.3, 0.4) is 0 Å². The highest BCUT2D eigenvalue weighted by Crippen LogP contribution is 2.31. The molecule has 0 fully saturated rings. The molecule has 0 saturated heterocycles. The van der Waals surface area contributed by atoms with E-state index in [1.54, 1.807) is 29.9 Å². The van der Waals surface area contributed by atoms with Gasteiger partial charge in [0, 0.05) is 7.05 Å². The van der Waals surface area contributed by atoms with Crippen molar-refractivity contribution in [2.75, 3.05) is 5.73 Å². The molecule has 0 saturated carbocycles. The Labute approximate surface area is 168 Å². The number of aryl methyl sites for hydroxylation is 1. The summed E-state index contributed by atoms with van der Waals surface area (Å²) in [5, 5.41) is 8.09. The van der Waals surface area contributed by atoms with Crippen molar-refractivity contribution in [3.63, 3.8) is 0 Å². The first kappa shape index (κ1) is 19.4. The van der Waals surface area contributed by atoms with E-state index in [1.807, 2.05) is 0 Å². The first-order valence-electron chi connectivity index (χ1n) is 8.69. The molecule has 0 aliphatic carbocycles. The summed E-state index contributed by atoms with van der Waals surface area (Å²) in [6.45, 7) is 0.0332. The lowest BCUT2D eigenvalue weighted by Crippen LogP contribution is -2.06. The molecule has 4 rings (SSSR count). The molecule has 1 aromatic carbocycles. The van der Waals surface area contributed by atoms with Gasteiger partial charge in [-0.05, 0) is 36.4 Å². The predicted molar refractivity (Wildman–Crippen MR) is 99.9 cm³/mol. The number of pyridine rings is 1. The SMILES string of the molecule is Cn1ncc(-c2nc(-c3cccc(N)n3)no2)c1COc1ccc(C(F)(F)F)cc1. The largest absolute Gasteiger partial charge is 0.487 e. The first-order valence-corrected chi connectivity index (χ1v) is 8.69. The number of halogens is 3. The van der Waals surface area contributed by atoms with Crippen molar-refractivity contribution in [3.05, 3.63) is 59.9 Å². The molecule has 3 heterocycles. The number of benzene rings is 1. The van der Waals surface area contributed by atoms with Gasteiger partial charge in [0.15, 0.2) is 0 Å². The number of hydrogen-bond donors (Lipinski definition) is 1. The molecule has 0 bridgehead atoms. The quantitative estimate of drug-likeness (QED) is 0.529. The van der Waals surface area contributed by atoms with Crippen LogP contribution >= 0.6 is 0 Å². The van der Waals surface area contributed by atoms with Gasteiger partial charge in [-0.15, -0.1) is 0 Å². The highest BCUT2D eigenvalue weighted by Gasteiger charge is 2.30. The third-order valence-corrected chi connectivity index (χ3v) is 4.27. The lowest BCUT2D eigenvalue weighted by Gasteiger charge is -2.10. The van der Waals surface area contributed by atoms with Crippen molar-refractivity contribution in [2.24, 2.45) is 7.05 Å². The third kappa shape index (κ3) is 3.95. The topological polar surface area (TPSA) is 105 Å². The van der Waals surface area contributed by atoms with Crippen LogP contribution in [-0.2, 0) is 19.8 Å². The number of anilines is 1. The fourth-order valence-electron chi connectivity index (χ4n) is 2.72. The van der Waals surface area contributed by atoms with Gasteiger partial charge in [0.1, 0.15) is 23.9 Å². The minimum Gasteiger partial charge on any atom is -0.487 e. The Balaban J connectivity index is 1.54. The molecule has 0 radical (unpaired) electrons. The van der Waals surface area contributed by atoms with Crippen LogP contribution < -0.4 is 10.5 Å². The molecular weight excluding hydrogens is 401 g/mol. The van der Waals surface area contributed by atoms with Gasteiger partial charge in [0.25, 0.3) is 5.89 Å². The van der Waals surface area contributed by atoms with E-state index in [9.17, 15) is 13.2 Å². The fourth-order valence-corrected chi connectivity index (χ4v) is 2.72. The van der Waals surface area contributed by atoms with Crippen LogP contribution in [-0.4, -0.2) is 24.9 Å². The standard InChI is InChI=1S/C19H15F3N6O2/c1-28-15(10-29-12-7-5-11(6-8-12)19(20,21)22)13(9-24-28)18-26-17(27-30-18)14-3-2-4-16(23)25-14/h2-9H,10H2,1H3,(H2,23,25). The Morgan fingerprint density at radius 1 is 1.10 bits per heavy atom. The summed E-state index contributed by atoms with van der Waals surface area (Å²) in [6.07, 6.45) is -2.86. The Morgan fingerprint density at radius 2 is 1.87 bits per heavy atom. The molecule has 0 unspecified atom stereocenters. The second-order valence-electron chi connectivity index (χ2n) is 6.31. The number of nitrogens with two attached hydrogens (primary N) is 1. The van der Waals surface area contributed by atoms with E-state index < -0.39 is 11.7 Å². The number of nitrogens with zero attached hydrogens (tertiary/aromatic N) is 5. The molecule has 0 spiro atoms. The average molecular weight is 416 g/mol. The molecule has 154 valence electrons. The molecule has 3 aromatic heterocycles. The van der Waals surface area contributed by atoms with E-state index in [-0.39, 0.29) is 24.1 Å². The van der Waals surface area contributed by atoms with E-state index in [0.29, 0.717) is 22.8 Å². The van der Waals surface area contributed by atoms with Crippen molar-refractivity contribution >= 4 is 5.82 Å². The Morgan fingerprint density at radius 3 is 2.57 bits per heavy atom. The van der Waals surface area contributed by atoms with Crippen molar-refractivity contribution in [1.82, 2.24) is 24.9 Å². The minimum atomic E-state index is -4.40. The first-order chi connectivity index (χ1) is 14.3. The highest BCUT2D eigenvalue weighted by atomic mass is 19.4. The van der Waals surface area contributed by atoms with Gasteiger partial charge in [-0.1, -0.05) is 11.2 Å². The van der Waals surface area contributed by atoms with Crippen LogP contribution in [0, 0.1) is 0 Å². The van der Waals surface area contributed by atoms with E-state index in [1.165, 1.54) is 18.3 Å². The van der Waals surface area contributed by atoms with Crippen molar-refractivity contribution in [2.45, 2.75) is 12.8 Å². The molecular formula is C19H15F3N6O2. The van der Waals surface area contributed by atoms with Gasteiger partial charge in [0.05, 0.1) is 23.0 Å². The van der Waals surface area contributed by atoms with Gasteiger partial charge in [-0.3, -0.25) is 4.68 Å². The number of aromatic nitrogens is 5. The zero-order chi connectivity index (χ0) is 21.3. The molecule has 0 aliphatic rings. The number of nitrogen functional groups attached to an aromatic ring is 1. The van der Waals surface area contributed by atoms with Gasteiger partial charge < -0.3 is 15.0 Å². The Kier molecular flexibility index (Phi) is 4.86. The molecule has 30 heavy (non-hydrogen) atoms. The van der Waals surface area contributed by atoms with E-state index in [0.717, 1.165) is 12.1 Å². The summed E-state index contributed by atoms with van der Waals surface area (Å²) in [5.41, 5.74) is 6.53. The van der Waals surface area contributed by atoms with Crippen molar-refractivity contribution < 1.29 is 22.4 Å². The third-order valence-electron chi connectivity index (χ3n) is 4.27. The van der Waals surface area contributed by atoms with Crippen LogP contribution in [0.5, 0.6) is 5.75 Å². The molecule has 8 nitrogen and oxygen atoms in total. The normalized spacial score (nSPS) is 11.6. The number of rotatable bonds is 5. The Hall–Kier alpha value is -3.89. The summed E-state index contributed by atoms with van der Waals surface area (Å²) < 4.78 is 50.6. The second-order valence-corrected chi connectivity index (χ2v) is 6.31. The number of alkyl halides is 3. The minimum absolute atomic E-state index is 0.0332. The zero-order valence-electron chi connectivity index (χ0n) is 15.6. The Bertz CT molecular complexity index is 1170.